The zero-order valence-electron chi connectivity index (χ0n) is 13.8. The summed E-state index contributed by atoms with van der Waals surface area (Å²) in [5.74, 6) is 0.910. The Kier molecular flexibility index (Phi) is 5.15. The van der Waals surface area contributed by atoms with Gasteiger partial charge in [0.25, 0.3) is 0 Å². The van der Waals surface area contributed by atoms with Crippen LogP contribution in [0.3, 0.4) is 0 Å². The van der Waals surface area contributed by atoms with Crippen LogP contribution < -0.4 is 4.74 Å². The summed E-state index contributed by atoms with van der Waals surface area (Å²) in [5, 5.41) is 18.3. The summed E-state index contributed by atoms with van der Waals surface area (Å²) < 4.78 is 5.54. The second kappa shape index (κ2) is 7.49. The molecule has 6 heteroatoms. The number of carboxylic acid groups (broad SMARTS) is 1. The van der Waals surface area contributed by atoms with Gasteiger partial charge in [0.15, 0.2) is 0 Å². The number of amides is 1. The summed E-state index contributed by atoms with van der Waals surface area (Å²) in [6.45, 7) is 1.05. The minimum absolute atomic E-state index is 0.150. The number of ether oxygens (including phenoxy) is 1. The topological polar surface area (TPSA) is 73.6 Å². The van der Waals surface area contributed by atoms with Crippen LogP contribution in [-0.2, 0) is 0 Å². The smallest absolute Gasteiger partial charge is 0.407 e. The molecule has 0 aliphatic carbocycles. The molecule has 1 fully saturated rings. The van der Waals surface area contributed by atoms with E-state index < -0.39 is 6.09 Å². The molecule has 0 bridgehead atoms. The number of methoxy groups -OCH3 is 1. The van der Waals surface area contributed by atoms with Crippen LogP contribution in [0, 0.1) is 11.3 Å². The Morgan fingerprint density at radius 3 is 2.84 bits per heavy atom. The van der Waals surface area contributed by atoms with Gasteiger partial charge in [0.1, 0.15) is 11.8 Å². The fourth-order valence-electron chi connectivity index (χ4n) is 3.06. The number of nitrogens with zero attached hydrogens (tertiary/aromatic N) is 2. The van der Waals surface area contributed by atoms with Gasteiger partial charge in [-0.3, -0.25) is 0 Å². The van der Waals surface area contributed by atoms with E-state index in [9.17, 15) is 10.1 Å². The van der Waals surface area contributed by atoms with E-state index in [4.69, 9.17) is 9.84 Å². The lowest BCUT2D eigenvalue weighted by Gasteiger charge is -2.16. The number of hydrogen-bond donors (Lipinski definition) is 1. The van der Waals surface area contributed by atoms with Gasteiger partial charge in [-0.15, -0.1) is 0 Å². The van der Waals surface area contributed by atoms with E-state index in [-0.39, 0.29) is 5.92 Å². The first kappa shape index (κ1) is 17.2. The van der Waals surface area contributed by atoms with Crippen LogP contribution in [0.25, 0.3) is 0 Å². The molecule has 5 nitrogen and oxygen atoms in total. The molecule has 1 heterocycles. The lowest BCUT2D eigenvalue weighted by Crippen LogP contribution is -2.26. The fraction of sp³-hybridized carbons (Fsp3) is 0.263. The molecule has 1 N–H and O–H groups in total. The molecule has 0 radical (unpaired) electrons. The summed E-state index contributed by atoms with van der Waals surface area (Å²) in [4.78, 5) is 14.4. The van der Waals surface area contributed by atoms with E-state index in [1.54, 1.807) is 13.2 Å². The molecule has 1 saturated heterocycles. The van der Waals surface area contributed by atoms with Crippen LogP contribution in [0.1, 0.15) is 23.5 Å². The summed E-state index contributed by atoms with van der Waals surface area (Å²) in [6.07, 6.45) is -0.0753. The lowest BCUT2D eigenvalue weighted by atomic mass is 9.97. The Hall–Kier alpha value is -2.65. The standard InChI is InChI=1S/C19H18N2O3S/c1-24-17-10-15(25-18-5-3-2-4-13(18)11-20)6-7-16(17)14-8-9-21(12-14)19(22)23/h2-7,10,14H,8-9,12H2,1H3,(H,22,23). The third-order valence-electron chi connectivity index (χ3n) is 4.34. The van der Waals surface area contributed by atoms with Gasteiger partial charge in [-0.2, -0.15) is 5.26 Å². The summed E-state index contributed by atoms with van der Waals surface area (Å²) in [5.41, 5.74) is 1.67. The highest BCUT2D eigenvalue weighted by Crippen LogP contribution is 2.38. The van der Waals surface area contributed by atoms with E-state index in [2.05, 4.69) is 6.07 Å². The second-order valence-corrected chi connectivity index (χ2v) is 6.94. The second-order valence-electron chi connectivity index (χ2n) is 5.83. The zero-order chi connectivity index (χ0) is 17.8. The van der Waals surface area contributed by atoms with Gasteiger partial charge in [-0.05, 0) is 36.2 Å². The third kappa shape index (κ3) is 3.72. The largest absolute Gasteiger partial charge is 0.496 e. The average Bonchev–Trinajstić information content (AvgIpc) is 3.12. The van der Waals surface area contributed by atoms with Crippen molar-refractivity contribution in [1.29, 1.82) is 5.26 Å². The van der Waals surface area contributed by atoms with E-state index in [1.165, 1.54) is 16.7 Å². The molecule has 1 aliphatic heterocycles. The Labute approximate surface area is 150 Å². The van der Waals surface area contributed by atoms with Gasteiger partial charge in [0.05, 0.1) is 12.7 Å². The number of benzene rings is 2. The first-order chi connectivity index (χ1) is 12.1. The van der Waals surface area contributed by atoms with Gasteiger partial charge < -0.3 is 14.7 Å². The van der Waals surface area contributed by atoms with Crippen LogP contribution in [0.5, 0.6) is 5.75 Å². The Balaban J connectivity index is 1.83. The SMILES string of the molecule is COc1cc(Sc2ccccc2C#N)ccc1C1CCN(C(=O)O)C1. The van der Waals surface area contributed by atoms with Crippen LogP contribution in [0.4, 0.5) is 4.79 Å². The molecule has 1 atom stereocenters. The Morgan fingerprint density at radius 1 is 1.36 bits per heavy atom. The van der Waals surface area contributed by atoms with E-state index in [0.29, 0.717) is 18.7 Å². The monoisotopic (exact) mass is 354 g/mol. The third-order valence-corrected chi connectivity index (χ3v) is 5.40. The van der Waals surface area contributed by atoms with Crippen molar-refractivity contribution in [2.24, 2.45) is 0 Å². The van der Waals surface area contributed by atoms with Crippen molar-refractivity contribution >= 4 is 17.9 Å². The van der Waals surface area contributed by atoms with Gasteiger partial charge >= 0.3 is 6.09 Å². The molecule has 2 aromatic rings. The number of likely N-dealkylation sites (tertiary alicyclic amines) is 1. The predicted octanol–water partition coefficient (Wildman–Crippen LogP) is 4.19. The maximum atomic E-state index is 11.1. The number of nitriles is 1. The number of carbonyl (C=O) groups is 1. The highest BCUT2D eigenvalue weighted by molar-refractivity contribution is 7.99. The van der Waals surface area contributed by atoms with Crippen LogP contribution in [0.15, 0.2) is 52.3 Å². The van der Waals surface area contributed by atoms with Crippen molar-refractivity contribution in [2.75, 3.05) is 20.2 Å². The van der Waals surface area contributed by atoms with Crippen molar-refractivity contribution in [3.63, 3.8) is 0 Å². The molecule has 0 saturated carbocycles. The molecular weight excluding hydrogens is 336 g/mol. The van der Waals surface area contributed by atoms with Gasteiger partial charge in [0, 0.05) is 28.8 Å². The van der Waals surface area contributed by atoms with Crippen molar-refractivity contribution in [2.45, 2.75) is 22.1 Å². The normalized spacial score (nSPS) is 16.5. The number of rotatable bonds is 4. The molecule has 1 unspecified atom stereocenters. The molecule has 1 amide bonds. The van der Waals surface area contributed by atoms with Crippen LogP contribution in [0.2, 0.25) is 0 Å². The molecular formula is C19H18N2O3S. The maximum Gasteiger partial charge on any atom is 0.407 e. The quantitative estimate of drug-likeness (QED) is 0.891. The fourth-order valence-corrected chi connectivity index (χ4v) is 3.98. The molecule has 1 aliphatic rings. The molecule has 0 spiro atoms. The molecule has 2 aromatic carbocycles. The van der Waals surface area contributed by atoms with Crippen molar-refractivity contribution in [1.82, 2.24) is 4.90 Å². The molecule has 128 valence electrons. The van der Waals surface area contributed by atoms with E-state index >= 15 is 0 Å². The molecule has 0 aromatic heterocycles. The molecule has 25 heavy (non-hydrogen) atoms. The van der Waals surface area contributed by atoms with Gasteiger partial charge in [0.2, 0.25) is 0 Å². The minimum Gasteiger partial charge on any atom is -0.496 e. The Morgan fingerprint density at radius 2 is 2.16 bits per heavy atom. The van der Waals surface area contributed by atoms with Gasteiger partial charge in [-0.1, -0.05) is 30.0 Å². The van der Waals surface area contributed by atoms with E-state index in [1.807, 2.05) is 36.4 Å². The number of hydrogen-bond acceptors (Lipinski definition) is 4. The highest BCUT2D eigenvalue weighted by atomic mass is 32.2. The first-order valence-electron chi connectivity index (χ1n) is 7.95. The summed E-state index contributed by atoms with van der Waals surface area (Å²) >= 11 is 1.52. The van der Waals surface area contributed by atoms with Crippen molar-refractivity contribution < 1.29 is 14.6 Å². The van der Waals surface area contributed by atoms with Crippen LogP contribution >= 0.6 is 11.8 Å². The zero-order valence-corrected chi connectivity index (χ0v) is 14.6. The van der Waals surface area contributed by atoms with Gasteiger partial charge in [-0.25, -0.2) is 4.79 Å². The highest BCUT2D eigenvalue weighted by Gasteiger charge is 2.29. The van der Waals surface area contributed by atoms with E-state index in [0.717, 1.165) is 27.5 Å². The maximum absolute atomic E-state index is 11.1. The Bertz CT molecular complexity index is 832. The van der Waals surface area contributed by atoms with Crippen molar-refractivity contribution in [3.8, 4) is 11.8 Å². The first-order valence-corrected chi connectivity index (χ1v) is 8.77. The molecule has 3 rings (SSSR count). The minimum atomic E-state index is -0.873. The predicted molar refractivity (Wildman–Crippen MR) is 95.2 cm³/mol. The summed E-state index contributed by atoms with van der Waals surface area (Å²) in [7, 11) is 1.63. The van der Waals surface area contributed by atoms with Crippen molar-refractivity contribution in [3.05, 3.63) is 53.6 Å². The average molecular weight is 354 g/mol. The lowest BCUT2D eigenvalue weighted by molar-refractivity contribution is 0.155. The summed E-state index contributed by atoms with van der Waals surface area (Å²) in [6, 6.07) is 15.6. The van der Waals surface area contributed by atoms with Crippen LogP contribution in [-0.4, -0.2) is 36.3 Å².